The molecule has 6 heteroatoms. The summed E-state index contributed by atoms with van der Waals surface area (Å²) in [6, 6.07) is 13.5. The smallest absolute Gasteiger partial charge is 0.252 e. The fraction of sp³-hybridized carbons (Fsp3) is 0.158. The molecule has 3 aromatic rings. The molecular formula is C19H18BrN3O2. The van der Waals surface area contributed by atoms with Gasteiger partial charge in [-0.15, -0.1) is 0 Å². The van der Waals surface area contributed by atoms with Gasteiger partial charge in [0.05, 0.1) is 19.0 Å². The van der Waals surface area contributed by atoms with Crippen molar-refractivity contribution in [3.05, 3.63) is 82.3 Å². The number of benzene rings is 2. The lowest BCUT2D eigenvalue weighted by atomic mass is 10.1. The summed E-state index contributed by atoms with van der Waals surface area (Å²) in [6.07, 6.45) is 5.49. The van der Waals surface area contributed by atoms with Crippen molar-refractivity contribution in [3.8, 4) is 5.75 Å². The second-order valence-corrected chi connectivity index (χ2v) is 6.43. The van der Waals surface area contributed by atoms with Crippen LogP contribution in [0.5, 0.6) is 5.75 Å². The molecule has 2 aromatic carbocycles. The molecule has 0 bridgehead atoms. The molecule has 1 heterocycles. The fourth-order valence-corrected chi connectivity index (χ4v) is 2.86. The summed E-state index contributed by atoms with van der Waals surface area (Å²) in [7, 11) is 1.58. The van der Waals surface area contributed by atoms with Crippen LogP contribution in [-0.4, -0.2) is 22.6 Å². The maximum atomic E-state index is 12.4. The molecule has 0 aliphatic rings. The number of nitrogens with one attached hydrogen (secondary N) is 1. The van der Waals surface area contributed by atoms with Crippen LogP contribution in [-0.2, 0) is 13.1 Å². The highest BCUT2D eigenvalue weighted by Crippen LogP contribution is 2.22. The first-order valence-corrected chi connectivity index (χ1v) is 8.60. The lowest BCUT2D eigenvalue weighted by molar-refractivity contribution is 0.0950. The minimum absolute atomic E-state index is 0.145. The Morgan fingerprint density at radius 2 is 1.96 bits per heavy atom. The molecular weight excluding hydrogens is 382 g/mol. The Kier molecular flexibility index (Phi) is 5.50. The number of hydrogen-bond acceptors (Lipinski definition) is 3. The summed E-state index contributed by atoms with van der Waals surface area (Å²) < 4.78 is 7.92. The zero-order valence-electron chi connectivity index (χ0n) is 13.8. The van der Waals surface area contributed by atoms with Gasteiger partial charge in [0.1, 0.15) is 5.75 Å². The molecule has 0 saturated heterocycles. The Morgan fingerprint density at radius 1 is 1.20 bits per heavy atom. The predicted molar refractivity (Wildman–Crippen MR) is 99.6 cm³/mol. The molecule has 1 aromatic heterocycles. The number of methoxy groups -OCH3 is 1. The summed E-state index contributed by atoms with van der Waals surface area (Å²) in [5.74, 6) is 0.505. The van der Waals surface area contributed by atoms with E-state index in [-0.39, 0.29) is 5.91 Å². The monoisotopic (exact) mass is 399 g/mol. The van der Waals surface area contributed by atoms with E-state index in [1.165, 1.54) is 5.56 Å². The van der Waals surface area contributed by atoms with Gasteiger partial charge in [-0.3, -0.25) is 4.79 Å². The number of rotatable bonds is 6. The number of halogens is 1. The highest BCUT2D eigenvalue weighted by atomic mass is 79.9. The summed E-state index contributed by atoms with van der Waals surface area (Å²) in [5.41, 5.74) is 2.78. The quantitative estimate of drug-likeness (QED) is 0.688. The molecule has 5 nitrogen and oxygen atoms in total. The zero-order valence-corrected chi connectivity index (χ0v) is 15.4. The summed E-state index contributed by atoms with van der Waals surface area (Å²) in [5, 5.41) is 2.93. The first kappa shape index (κ1) is 17.2. The van der Waals surface area contributed by atoms with E-state index in [0.717, 1.165) is 16.6 Å². The average Bonchev–Trinajstić information content (AvgIpc) is 3.14. The van der Waals surface area contributed by atoms with Crippen LogP contribution in [0.3, 0.4) is 0 Å². The topological polar surface area (TPSA) is 56.1 Å². The molecule has 0 saturated carbocycles. The second kappa shape index (κ2) is 7.98. The number of carbonyl (C=O) groups is 1. The first-order chi connectivity index (χ1) is 12.2. The van der Waals surface area contributed by atoms with Gasteiger partial charge in [-0.25, -0.2) is 4.98 Å². The number of ether oxygens (including phenoxy) is 1. The molecule has 3 rings (SSSR count). The van der Waals surface area contributed by atoms with E-state index < -0.39 is 0 Å². The third-order valence-electron chi connectivity index (χ3n) is 3.82. The van der Waals surface area contributed by atoms with Gasteiger partial charge >= 0.3 is 0 Å². The average molecular weight is 400 g/mol. The molecule has 0 spiro atoms. The van der Waals surface area contributed by atoms with E-state index in [9.17, 15) is 4.79 Å². The second-order valence-electron chi connectivity index (χ2n) is 5.58. The third kappa shape index (κ3) is 4.48. The molecule has 1 amide bonds. The minimum Gasteiger partial charge on any atom is -0.497 e. The maximum Gasteiger partial charge on any atom is 0.252 e. The van der Waals surface area contributed by atoms with Crippen LogP contribution in [0.25, 0.3) is 0 Å². The Hall–Kier alpha value is -2.60. The highest BCUT2D eigenvalue weighted by molar-refractivity contribution is 9.10. The fourth-order valence-electron chi connectivity index (χ4n) is 2.44. The van der Waals surface area contributed by atoms with E-state index in [0.29, 0.717) is 17.9 Å². The number of carbonyl (C=O) groups excluding carboxylic acids is 1. The minimum atomic E-state index is -0.145. The molecule has 0 unspecified atom stereocenters. The van der Waals surface area contributed by atoms with Crippen molar-refractivity contribution in [1.82, 2.24) is 14.9 Å². The van der Waals surface area contributed by atoms with Crippen molar-refractivity contribution in [2.24, 2.45) is 0 Å². The van der Waals surface area contributed by atoms with E-state index >= 15 is 0 Å². The number of hydrogen-bond donors (Lipinski definition) is 1. The van der Waals surface area contributed by atoms with Crippen LogP contribution in [0.15, 0.2) is 65.7 Å². The van der Waals surface area contributed by atoms with Crippen molar-refractivity contribution in [1.29, 1.82) is 0 Å². The van der Waals surface area contributed by atoms with Gasteiger partial charge in [-0.1, -0.05) is 24.3 Å². The van der Waals surface area contributed by atoms with Crippen molar-refractivity contribution in [2.45, 2.75) is 13.1 Å². The van der Waals surface area contributed by atoms with E-state index in [2.05, 4.69) is 38.4 Å². The van der Waals surface area contributed by atoms with Crippen LogP contribution < -0.4 is 10.1 Å². The van der Waals surface area contributed by atoms with Gasteiger partial charge in [0.25, 0.3) is 5.91 Å². The molecule has 0 aliphatic heterocycles. The molecule has 1 N–H and O–H groups in total. The van der Waals surface area contributed by atoms with E-state index in [1.807, 2.05) is 22.9 Å². The molecule has 0 radical (unpaired) electrons. The third-order valence-corrected chi connectivity index (χ3v) is 4.51. The summed E-state index contributed by atoms with van der Waals surface area (Å²) in [4.78, 5) is 16.4. The van der Waals surface area contributed by atoms with Crippen molar-refractivity contribution < 1.29 is 9.53 Å². The van der Waals surface area contributed by atoms with Crippen molar-refractivity contribution >= 4 is 21.8 Å². The molecule has 128 valence electrons. The molecule has 0 aliphatic carbocycles. The Bertz CT molecular complexity index is 846. The lowest BCUT2D eigenvalue weighted by Gasteiger charge is -2.09. The van der Waals surface area contributed by atoms with Crippen molar-refractivity contribution in [3.63, 3.8) is 0 Å². The zero-order chi connectivity index (χ0) is 17.6. The van der Waals surface area contributed by atoms with Crippen LogP contribution in [0.1, 0.15) is 21.5 Å². The number of amides is 1. The number of aromatic nitrogens is 2. The number of imidazole rings is 1. The maximum absolute atomic E-state index is 12.4. The Balaban J connectivity index is 1.60. The van der Waals surface area contributed by atoms with Gasteiger partial charge in [-0.05, 0) is 45.3 Å². The summed E-state index contributed by atoms with van der Waals surface area (Å²) in [6.45, 7) is 1.25. The highest BCUT2D eigenvalue weighted by Gasteiger charge is 2.11. The number of nitrogens with zero attached hydrogens (tertiary/aromatic N) is 2. The van der Waals surface area contributed by atoms with Gasteiger partial charge in [0, 0.05) is 30.0 Å². The Morgan fingerprint density at radius 3 is 2.64 bits per heavy atom. The predicted octanol–water partition coefficient (Wildman–Crippen LogP) is 3.63. The molecule has 25 heavy (non-hydrogen) atoms. The van der Waals surface area contributed by atoms with Crippen LogP contribution in [0, 0.1) is 0 Å². The van der Waals surface area contributed by atoms with Crippen LogP contribution in [0.2, 0.25) is 0 Å². The van der Waals surface area contributed by atoms with Crippen LogP contribution >= 0.6 is 15.9 Å². The van der Waals surface area contributed by atoms with Gasteiger partial charge in [0.2, 0.25) is 0 Å². The largest absolute Gasteiger partial charge is 0.497 e. The molecule has 0 fully saturated rings. The van der Waals surface area contributed by atoms with Gasteiger partial charge in [-0.2, -0.15) is 0 Å². The van der Waals surface area contributed by atoms with E-state index in [1.54, 1.807) is 37.8 Å². The molecule has 0 atom stereocenters. The SMILES string of the molecule is COc1ccc(Br)c(C(=O)NCc2ccc(Cn3ccnc3)cc2)c1. The van der Waals surface area contributed by atoms with E-state index in [4.69, 9.17) is 4.74 Å². The van der Waals surface area contributed by atoms with Crippen LogP contribution in [0.4, 0.5) is 0 Å². The van der Waals surface area contributed by atoms with Crippen molar-refractivity contribution in [2.75, 3.05) is 7.11 Å². The summed E-state index contributed by atoms with van der Waals surface area (Å²) >= 11 is 3.40. The van der Waals surface area contributed by atoms with Gasteiger partial charge in [0.15, 0.2) is 0 Å². The van der Waals surface area contributed by atoms with Gasteiger partial charge < -0.3 is 14.6 Å². The lowest BCUT2D eigenvalue weighted by Crippen LogP contribution is -2.23. The first-order valence-electron chi connectivity index (χ1n) is 7.81. The Labute approximate surface area is 154 Å². The standard InChI is InChI=1S/C19H18BrN3O2/c1-25-16-6-7-18(20)17(10-16)19(24)22-11-14-2-4-15(5-3-14)12-23-9-8-21-13-23/h2-10,13H,11-12H2,1H3,(H,22,24). The normalized spacial score (nSPS) is 10.5.